The zero-order valence-corrected chi connectivity index (χ0v) is 14.9. The Morgan fingerprint density at radius 1 is 1.15 bits per heavy atom. The third-order valence-electron chi connectivity index (χ3n) is 5.14. The molecule has 0 bridgehead atoms. The molecule has 2 heterocycles. The topological polar surface area (TPSA) is 64.7 Å². The summed E-state index contributed by atoms with van der Waals surface area (Å²) in [7, 11) is 1.90. The number of halogens is 1. The average molecular weight is 368 g/mol. The lowest BCUT2D eigenvalue weighted by Gasteiger charge is -2.36. The third-order valence-corrected chi connectivity index (χ3v) is 5.14. The number of piperidine rings is 1. The number of para-hydroxylation sites is 1. The molecule has 0 radical (unpaired) electrons. The van der Waals surface area contributed by atoms with Crippen LogP contribution in [-0.2, 0) is 9.59 Å². The van der Waals surface area contributed by atoms with Crippen LogP contribution in [0.2, 0.25) is 0 Å². The van der Waals surface area contributed by atoms with Crippen LogP contribution in [-0.4, -0.2) is 42.9 Å². The van der Waals surface area contributed by atoms with Gasteiger partial charge in [0.05, 0.1) is 23.6 Å². The Labute approximate surface area is 156 Å². The number of hydrogen-bond acceptors (Lipinski definition) is 4. The number of benzene rings is 2. The molecule has 2 aliphatic rings. The van der Waals surface area contributed by atoms with Crippen molar-refractivity contribution in [2.75, 3.05) is 30.5 Å². The normalized spacial score (nSPS) is 25.3. The first-order chi connectivity index (χ1) is 13.0. The summed E-state index contributed by atoms with van der Waals surface area (Å²) in [6, 6.07) is 14.8. The maximum atomic E-state index is 13.4. The minimum atomic E-state index is -0.435. The molecule has 3 atom stereocenters. The molecule has 7 heteroatoms. The number of amides is 2. The Kier molecular flexibility index (Phi) is 4.63. The predicted molar refractivity (Wildman–Crippen MR) is 100 cm³/mol. The molecular weight excluding hydrogens is 347 g/mol. The van der Waals surface area contributed by atoms with Crippen molar-refractivity contribution in [1.82, 2.24) is 10.3 Å². The molecule has 2 amide bonds. The van der Waals surface area contributed by atoms with Gasteiger partial charge in [-0.05, 0) is 37.4 Å². The first-order valence-corrected chi connectivity index (χ1v) is 8.93. The number of likely N-dealkylation sites (tertiary alicyclic amines) is 1. The summed E-state index contributed by atoms with van der Waals surface area (Å²) in [5.41, 5.74) is 4.39. The van der Waals surface area contributed by atoms with E-state index < -0.39 is 11.7 Å². The van der Waals surface area contributed by atoms with Crippen LogP contribution in [0.25, 0.3) is 0 Å². The van der Waals surface area contributed by atoms with E-state index in [4.69, 9.17) is 0 Å². The second kappa shape index (κ2) is 7.09. The van der Waals surface area contributed by atoms with Crippen LogP contribution < -0.4 is 15.8 Å². The molecule has 0 aliphatic carbocycles. The van der Waals surface area contributed by atoms with Gasteiger partial charge in [0.1, 0.15) is 5.82 Å². The van der Waals surface area contributed by atoms with Gasteiger partial charge in [-0.3, -0.25) is 9.59 Å². The quantitative estimate of drug-likeness (QED) is 0.868. The molecule has 27 heavy (non-hydrogen) atoms. The van der Waals surface area contributed by atoms with E-state index in [2.05, 4.69) is 10.7 Å². The lowest BCUT2D eigenvalue weighted by molar-refractivity contribution is -0.125. The van der Waals surface area contributed by atoms with Gasteiger partial charge in [-0.15, -0.1) is 0 Å². The molecule has 2 fully saturated rings. The summed E-state index contributed by atoms with van der Waals surface area (Å²) in [4.78, 5) is 27.8. The zero-order valence-electron chi connectivity index (χ0n) is 14.9. The molecule has 2 aromatic carbocycles. The molecule has 0 spiro atoms. The maximum absolute atomic E-state index is 13.4. The number of nitrogens with one attached hydrogen (secondary N) is 2. The molecule has 6 nitrogen and oxygen atoms in total. The van der Waals surface area contributed by atoms with Crippen molar-refractivity contribution in [3.63, 3.8) is 0 Å². The highest BCUT2D eigenvalue weighted by atomic mass is 19.1. The summed E-state index contributed by atoms with van der Waals surface area (Å²) in [6.07, 6.45) is 0. The molecule has 0 saturated carbocycles. The number of nitrogens with zero attached hydrogens (tertiary/aromatic N) is 2. The van der Waals surface area contributed by atoms with E-state index in [9.17, 15) is 14.0 Å². The SMILES string of the molecule is CN1CC(C(=O)Nc2cccc(F)c2)C2NN(c3ccccc3)C(=O)C2C1. The molecule has 2 aromatic rings. The van der Waals surface area contributed by atoms with Crippen molar-refractivity contribution >= 4 is 23.2 Å². The lowest BCUT2D eigenvalue weighted by atomic mass is 9.84. The monoisotopic (exact) mass is 368 g/mol. The van der Waals surface area contributed by atoms with Gasteiger partial charge in [0.15, 0.2) is 0 Å². The van der Waals surface area contributed by atoms with Gasteiger partial charge in [-0.2, -0.15) is 0 Å². The average Bonchev–Trinajstić information content (AvgIpc) is 2.98. The minimum absolute atomic E-state index is 0.0405. The predicted octanol–water partition coefficient (Wildman–Crippen LogP) is 1.86. The number of carbonyl (C=O) groups is 2. The van der Waals surface area contributed by atoms with Gasteiger partial charge in [-0.25, -0.2) is 14.8 Å². The summed E-state index contributed by atoms with van der Waals surface area (Å²) >= 11 is 0. The highest BCUT2D eigenvalue weighted by Crippen LogP contribution is 2.31. The Bertz CT molecular complexity index is 860. The third kappa shape index (κ3) is 3.43. The fourth-order valence-corrected chi connectivity index (χ4v) is 3.87. The summed E-state index contributed by atoms with van der Waals surface area (Å²) in [6.45, 7) is 1.11. The Morgan fingerprint density at radius 2 is 1.93 bits per heavy atom. The van der Waals surface area contributed by atoms with Crippen molar-refractivity contribution < 1.29 is 14.0 Å². The van der Waals surface area contributed by atoms with Gasteiger partial charge in [0.2, 0.25) is 11.8 Å². The number of rotatable bonds is 3. The van der Waals surface area contributed by atoms with Crippen LogP contribution >= 0.6 is 0 Å². The molecule has 0 aromatic heterocycles. The van der Waals surface area contributed by atoms with E-state index in [1.165, 1.54) is 17.1 Å². The summed E-state index contributed by atoms with van der Waals surface area (Å²) in [5.74, 6) is -1.42. The fraction of sp³-hybridized carbons (Fsp3) is 0.300. The van der Waals surface area contributed by atoms with Gasteiger partial charge >= 0.3 is 0 Å². The van der Waals surface area contributed by atoms with Crippen molar-refractivity contribution in [3.05, 3.63) is 60.4 Å². The van der Waals surface area contributed by atoms with Crippen molar-refractivity contribution in [2.45, 2.75) is 6.04 Å². The van der Waals surface area contributed by atoms with E-state index in [0.717, 1.165) is 5.69 Å². The smallest absolute Gasteiger partial charge is 0.247 e. The maximum Gasteiger partial charge on any atom is 0.247 e. The molecule has 2 aliphatic heterocycles. The molecule has 140 valence electrons. The Morgan fingerprint density at radius 3 is 2.67 bits per heavy atom. The molecule has 2 saturated heterocycles. The van der Waals surface area contributed by atoms with Crippen LogP contribution in [0.15, 0.2) is 54.6 Å². The zero-order chi connectivity index (χ0) is 19.0. The largest absolute Gasteiger partial charge is 0.326 e. The van der Waals surface area contributed by atoms with Crippen LogP contribution in [0, 0.1) is 17.7 Å². The van der Waals surface area contributed by atoms with E-state index in [-0.39, 0.29) is 23.8 Å². The number of hydrazine groups is 1. The van der Waals surface area contributed by atoms with Gasteiger partial charge < -0.3 is 10.2 Å². The number of fused-ring (bicyclic) bond motifs is 1. The second-order valence-electron chi connectivity index (χ2n) is 7.10. The Balaban J connectivity index is 1.56. The second-order valence-corrected chi connectivity index (χ2v) is 7.10. The minimum Gasteiger partial charge on any atom is -0.326 e. The molecular formula is C20H21FN4O2. The van der Waals surface area contributed by atoms with Gasteiger partial charge in [-0.1, -0.05) is 24.3 Å². The van der Waals surface area contributed by atoms with E-state index >= 15 is 0 Å². The summed E-state index contributed by atoms with van der Waals surface area (Å²) in [5, 5.41) is 4.32. The van der Waals surface area contributed by atoms with Crippen molar-refractivity contribution in [2.24, 2.45) is 11.8 Å². The fourth-order valence-electron chi connectivity index (χ4n) is 3.87. The molecule has 2 N–H and O–H groups in total. The van der Waals surface area contributed by atoms with Gasteiger partial charge in [0, 0.05) is 18.8 Å². The Hall–Kier alpha value is -2.77. The number of hydrogen-bond donors (Lipinski definition) is 2. The van der Waals surface area contributed by atoms with Crippen LogP contribution in [0.3, 0.4) is 0 Å². The first kappa shape index (κ1) is 17.6. The molecule has 4 rings (SSSR count). The number of anilines is 2. The van der Waals surface area contributed by atoms with Crippen molar-refractivity contribution in [1.29, 1.82) is 0 Å². The standard InChI is InChI=1S/C20H21FN4O2/c1-24-11-16(19(26)22-14-7-5-6-13(21)10-14)18-17(12-24)20(27)25(23-18)15-8-3-2-4-9-15/h2-10,16-18,23H,11-12H2,1H3,(H,22,26). The van der Waals surface area contributed by atoms with E-state index in [1.807, 2.05) is 42.3 Å². The van der Waals surface area contributed by atoms with Crippen molar-refractivity contribution in [3.8, 4) is 0 Å². The van der Waals surface area contributed by atoms with Gasteiger partial charge in [0.25, 0.3) is 0 Å². The first-order valence-electron chi connectivity index (χ1n) is 8.93. The van der Waals surface area contributed by atoms with Crippen LogP contribution in [0.5, 0.6) is 0 Å². The summed E-state index contributed by atoms with van der Waals surface area (Å²) < 4.78 is 13.4. The lowest BCUT2D eigenvalue weighted by Crippen LogP contribution is -2.55. The van der Waals surface area contributed by atoms with E-state index in [0.29, 0.717) is 18.8 Å². The number of carbonyl (C=O) groups excluding carboxylic acids is 2. The highest BCUT2D eigenvalue weighted by molar-refractivity contribution is 5.99. The van der Waals surface area contributed by atoms with Crippen LogP contribution in [0.1, 0.15) is 0 Å². The highest BCUT2D eigenvalue weighted by Gasteiger charge is 2.50. The van der Waals surface area contributed by atoms with E-state index in [1.54, 1.807) is 12.1 Å². The molecule has 3 unspecified atom stereocenters. The van der Waals surface area contributed by atoms with Crippen LogP contribution in [0.4, 0.5) is 15.8 Å².